The number of nitrogen functional groups attached to an aromatic ring is 1. The number of hydrogen-bond donors (Lipinski definition) is 1. The molecular formula is C15H10N4S2. The minimum absolute atomic E-state index is 0.443. The molecule has 0 aliphatic carbocycles. The first kappa shape index (κ1) is 12.6. The fourth-order valence-corrected chi connectivity index (χ4v) is 4.02. The van der Waals surface area contributed by atoms with Crippen molar-refractivity contribution in [3.05, 3.63) is 48.5 Å². The number of thiazole rings is 1. The monoisotopic (exact) mass is 310 g/mol. The third kappa shape index (κ3) is 2.32. The molecule has 0 saturated carbocycles. The lowest BCUT2D eigenvalue weighted by atomic mass is 10.3. The van der Waals surface area contributed by atoms with Gasteiger partial charge in [0.2, 0.25) is 0 Å². The number of anilines is 1. The molecule has 0 fully saturated rings. The molecule has 0 radical (unpaired) electrons. The summed E-state index contributed by atoms with van der Waals surface area (Å²) in [4.78, 5) is 13.6. The van der Waals surface area contributed by atoms with Gasteiger partial charge >= 0.3 is 0 Å². The van der Waals surface area contributed by atoms with Crippen molar-refractivity contribution in [2.75, 3.05) is 5.73 Å². The second-order valence-electron chi connectivity index (χ2n) is 4.45. The summed E-state index contributed by atoms with van der Waals surface area (Å²) in [5, 5.41) is 0.702. The van der Waals surface area contributed by atoms with Crippen LogP contribution in [0.1, 0.15) is 0 Å². The lowest BCUT2D eigenvalue weighted by molar-refractivity contribution is 1.13. The van der Waals surface area contributed by atoms with Crippen LogP contribution in [0.15, 0.2) is 57.9 Å². The second-order valence-corrected chi connectivity index (χ2v) is 6.72. The summed E-state index contributed by atoms with van der Waals surface area (Å²) < 4.78 is 2.08. The first-order valence-electron chi connectivity index (χ1n) is 6.35. The van der Waals surface area contributed by atoms with Crippen LogP contribution in [0.4, 0.5) is 5.82 Å². The molecule has 4 rings (SSSR count). The number of nitrogens with two attached hydrogens (primary N) is 1. The zero-order chi connectivity index (χ0) is 14.2. The first-order chi connectivity index (χ1) is 10.3. The van der Waals surface area contributed by atoms with Crippen molar-refractivity contribution in [3.63, 3.8) is 0 Å². The van der Waals surface area contributed by atoms with Crippen LogP contribution in [0, 0.1) is 0 Å². The van der Waals surface area contributed by atoms with Crippen LogP contribution in [0.2, 0.25) is 0 Å². The summed E-state index contributed by atoms with van der Waals surface area (Å²) >= 11 is 3.10. The van der Waals surface area contributed by atoms with E-state index in [0.717, 1.165) is 25.6 Å². The molecule has 0 amide bonds. The first-order valence-corrected chi connectivity index (χ1v) is 7.98. The largest absolute Gasteiger partial charge is 0.381 e. The van der Waals surface area contributed by atoms with E-state index in [1.54, 1.807) is 11.3 Å². The number of nitrogens with zero attached hydrogens (tertiary/aromatic N) is 3. The summed E-state index contributed by atoms with van der Waals surface area (Å²) in [5.41, 5.74) is 8.66. The summed E-state index contributed by atoms with van der Waals surface area (Å²) in [7, 11) is 0. The van der Waals surface area contributed by atoms with Gasteiger partial charge in [0.25, 0.3) is 0 Å². The topological polar surface area (TPSA) is 64.7 Å². The molecule has 0 aliphatic heterocycles. The fourth-order valence-electron chi connectivity index (χ4n) is 2.05. The Kier molecular flexibility index (Phi) is 2.98. The molecule has 0 spiro atoms. The Balaban J connectivity index is 1.77. The fraction of sp³-hybridized carbons (Fsp3) is 0. The van der Waals surface area contributed by atoms with Gasteiger partial charge in [-0.1, -0.05) is 24.3 Å². The van der Waals surface area contributed by atoms with Crippen LogP contribution in [-0.4, -0.2) is 15.0 Å². The highest BCUT2D eigenvalue weighted by molar-refractivity contribution is 8.01. The maximum atomic E-state index is 6.01. The minimum Gasteiger partial charge on any atom is -0.381 e. The predicted molar refractivity (Wildman–Crippen MR) is 87.7 cm³/mol. The molecule has 4 aromatic rings. The Bertz CT molecular complexity index is 916. The van der Waals surface area contributed by atoms with Gasteiger partial charge in [0, 0.05) is 0 Å². The molecule has 2 aromatic carbocycles. The van der Waals surface area contributed by atoms with Gasteiger partial charge in [0.05, 0.1) is 21.3 Å². The lowest BCUT2D eigenvalue weighted by Gasteiger charge is -2.03. The van der Waals surface area contributed by atoms with E-state index >= 15 is 0 Å². The molecule has 2 N–H and O–H groups in total. The van der Waals surface area contributed by atoms with Crippen molar-refractivity contribution >= 4 is 50.2 Å². The average Bonchev–Trinajstić information content (AvgIpc) is 2.90. The Morgan fingerprint density at radius 3 is 2.24 bits per heavy atom. The SMILES string of the molecule is Nc1nc2ccccc2nc1Sc1nc2ccccc2s1. The number of rotatable bonds is 2. The predicted octanol–water partition coefficient (Wildman–Crippen LogP) is 3.97. The van der Waals surface area contributed by atoms with E-state index in [9.17, 15) is 0 Å². The Morgan fingerprint density at radius 2 is 1.48 bits per heavy atom. The van der Waals surface area contributed by atoms with Gasteiger partial charge in [0.15, 0.2) is 10.2 Å². The van der Waals surface area contributed by atoms with E-state index in [0.29, 0.717) is 10.8 Å². The molecule has 102 valence electrons. The molecule has 4 nitrogen and oxygen atoms in total. The number of fused-ring (bicyclic) bond motifs is 2. The van der Waals surface area contributed by atoms with Crippen LogP contribution in [0.25, 0.3) is 21.3 Å². The third-order valence-electron chi connectivity index (χ3n) is 3.02. The molecule has 0 atom stereocenters. The van der Waals surface area contributed by atoms with Crippen LogP contribution >= 0.6 is 23.1 Å². The maximum Gasteiger partial charge on any atom is 0.157 e. The van der Waals surface area contributed by atoms with Gasteiger partial charge in [0.1, 0.15) is 5.03 Å². The quantitative estimate of drug-likeness (QED) is 0.607. The Hall–Kier alpha value is -2.18. The number of para-hydroxylation sites is 3. The van der Waals surface area contributed by atoms with E-state index in [1.807, 2.05) is 42.5 Å². The second kappa shape index (κ2) is 4.98. The van der Waals surface area contributed by atoms with Crippen molar-refractivity contribution in [3.8, 4) is 0 Å². The summed E-state index contributed by atoms with van der Waals surface area (Å²) in [6.07, 6.45) is 0. The van der Waals surface area contributed by atoms with Gasteiger partial charge in [-0.15, -0.1) is 11.3 Å². The zero-order valence-electron chi connectivity index (χ0n) is 10.9. The molecule has 0 unspecified atom stereocenters. The molecule has 6 heteroatoms. The van der Waals surface area contributed by atoms with Crippen molar-refractivity contribution < 1.29 is 0 Å². The van der Waals surface area contributed by atoms with E-state index in [1.165, 1.54) is 11.8 Å². The number of aromatic nitrogens is 3. The van der Waals surface area contributed by atoms with Crippen LogP contribution in [0.3, 0.4) is 0 Å². The summed E-state index contributed by atoms with van der Waals surface area (Å²) in [6.45, 7) is 0. The van der Waals surface area contributed by atoms with Gasteiger partial charge < -0.3 is 5.73 Å². The van der Waals surface area contributed by atoms with Gasteiger partial charge in [-0.2, -0.15) is 0 Å². The number of hydrogen-bond acceptors (Lipinski definition) is 6. The van der Waals surface area contributed by atoms with Crippen molar-refractivity contribution in [1.82, 2.24) is 15.0 Å². The molecule has 0 bridgehead atoms. The van der Waals surface area contributed by atoms with E-state index in [4.69, 9.17) is 5.73 Å². The van der Waals surface area contributed by atoms with E-state index < -0.39 is 0 Å². The smallest absolute Gasteiger partial charge is 0.157 e. The summed E-state index contributed by atoms with van der Waals surface area (Å²) in [5.74, 6) is 0.443. The standard InChI is InChI=1S/C15H10N4S2/c16-13-14(18-10-6-2-1-5-9(10)17-13)21-15-19-11-7-3-4-8-12(11)20-15/h1-8H,(H2,16,17). The highest BCUT2D eigenvalue weighted by atomic mass is 32.2. The van der Waals surface area contributed by atoms with Gasteiger partial charge in [-0.05, 0) is 36.0 Å². The Labute approximate surface area is 129 Å². The van der Waals surface area contributed by atoms with E-state index in [2.05, 4.69) is 21.0 Å². The number of benzene rings is 2. The lowest BCUT2D eigenvalue weighted by Crippen LogP contribution is -1.97. The van der Waals surface area contributed by atoms with Crippen LogP contribution in [-0.2, 0) is 0 Å². The summed E-state index contributed by atoms with van der Waals surface area (Å²) in [6, 6.07) is 15.8. The Morgan fingerprint density at radius 1 is 0.810 bits per heavy atom. The molecule has 21 heavy (non-hydrogen) atoms. The highest BCUT2D eigenvalue weighted by Crippen LogP contribution is 2.35. The van der Waals surface area contributed by atoms with Crippen molar-refractivity contribution in [2.24, 2.45) is 0 Å². The van der Waals surface area contributed by atoms with Gasteiger partial charge in [-0.3, -0.25) is 0 Å². The zero-order valence-corrected chi connectivity index (χ0v) is 12.5. The normalized spacial score (nSPS) is 11.2. The van der Waals surface area contributed by atoms with Crippen LogP contribution in [0.5, 0.6) is 0 Å². The maximum absolute atomic E-state index is 6.01. The van der Waals surface area contributed by atoms with E-state index in [-0.39, 0.29) is 0 Å². The highest BCUT2D eigenvalue weighted by Gasteiger charge is 2.11. The molecule has 0 saturated heterocycles. The average molecular weight is 310 g/mol. The van der Waals surface area contributed by atoms with Crippen LogP contribution < -0.4 is 5.73 Å². The molecule has 0 aliphatic rings. The van der Waals surface area contributed by atoms with Crippen molar-refractivity contribution in [2.45, 2.75) is 9.37 Å². The third-order valence-corrected chi connectivity index (χ3v) is 5.11. The molecule has 2 heterocycles. The minimum atomic E-state index is 0.443. The molecular weight excluding hydrogens is 300 g/mol. The van der Waals surface area contributed by atoms with Gasteiger partial charge in [-0.25, -0.2) is 15.0 Å². The van der Waals surface area contributed by atoms with Crippen molar-refractivity contribution in [1.29, 1.82) is 0 Å². The molecule has 2 aromatic heterocycles.